The Morgan fingerprint density at radius 1 is 1.56 bits per heavy atom. The molecule has 1 aromatic rings. The van der Waals surface area contributed by atoms with Gasteiger partial charge in [0.2, 0.25) is 10.0 Å². The van der Waals surface area contributed by atoms with E-state index in [-0.39, 0.29) is 17.9 Å². The summed E-state index contributed by atoms with van der Waals surface area (Å²) in [4.78, 5) is 11.7. The summed E-state index contributed by atoms with van der Waals surface area (Å²) in [5.41, 5.74) is 4.93. The summed E-state index contributed by atoms with van der Waals surface area (Å²) in [5, 5.41) is 8.65. The lowest BCUT2D eigenvalue weighted by Crippen LogP contribution is -2.51. The SMILES string of the molecule is CC(C)(CNC(=O)c1cn[nH]c1N)NS(C)(=O)=O. The molecular weight excluding hydrogens is 258 g/mol. The van der Waals surface area contributed by atoms with Gasteiger partial charge in [-0.3, -0.25) is 9.89 Å². The molecule has 0 spiro atoms. The molecule has 1 heterocycles. The standard InChI is InChI=1S/C9H17N5O3S/c1-9(2,14-18(3,16)17)5-11-8(15)6-4-12-13-7(6)10/h4,14H,5H2,1-3H3,(H,11,15)(H3,10,12,13). The van der Waals surface area contributed by atoms with E-state index < -0.39 is 21.5 Å². The molecular formula is C9H17N5O3S. The zero-order valence-corrected chi connectivity index (χ0v) is 11.3. The maximum absolute atomic E-state index is 11.7. The number of carbonyl (C=O) groups is 1. The van der Waals surface area contributed by atoms with Crippen molar-refractivity contribution in [2.45, 2.75) is 19.4 Å². The Kier molecular flexibility index (Phi) is 3.97. The van der Waals surface area contributed by atoms with Crippen LogP contribution in [0, 0.1) is 0 Å². The van der Waals surface area contributed by atoms with Crippen molar-refractivity contribution in [2.24, 2.45) is 0 Å². The number of nitrogens with zero attached hydrogens (tertiary/aromatic N) is 1. The maximum atomic E-state index is 11.7. The largest absolute Gasteiger partial charge is 0.383 e. The van der Waals surface area contributed by atoms with E-state index in [1.54, 1.807) is 13.8 Å². The number of H-pyrrole nitrogens is 1. The summed E-state index contributed by atoms with van der Waals surface area (Å²) < 4.78 is 24.6. The minimum atomic E-state index is -3.34. The van der Waals surface area contributed by atoms with Crippen LogP contribution in [0.15, 0.2) is 6.20 Å². The molecule has 0 unspecified atom stereocenters. The lowest BCUT2D eigenvalue weighted by Gasteiger charge is -2.25. The van der Waals surface area contributed by atoms with Gasteiger partial charge in [-0.2, -0.15) is 5.10 Å². The molecule has 5 N–H and O–H groups in total. The van der Waals surface area contributed by atoms with Crippen LogP contribution in [0.5, 0.6) is 0 Å². The molecule has 0 radical (unpaired) electrons. The normalized spacial score (nSPS) is 12.4. The van der Waals surface area contributed by atoms with Gasteiger partial charge >= 0.3 is 0 Å². The first-order valence-electron chi connectivity index (χ1n) is 5.17. The smallest absolute Gasteiger partial charge is 0.256 e. The number of hydrogen-bond donors (Lipinski definition) is 4. The number of aromatic nitrogens is 2. The average Bonchev–Trinajstić information content (AvgIpc) is 2.57. The number of anilines is 1. The average molecular weight is 275 g/mol. The van der Waals surface area contributed by atoms with Crippen molar-refractivity contribution in [3.63, 3.8) is 0 Å². The number of nitrogens with two attached hydrogens (primary N) is 1. The monoisotopic (exact) mass is 275 g/mol. The van der Waals surface area contributed by atoms with Crippen LogP contribution in [0.3, 0.4) is 0 Å². The molecule has 0 aliphatic heterocycles. The third-order valence-corrected chi connectivity index (χ3v) is 2.99. The first-order valence-corrected chi connectivity index (χ1v) is 7.06. The predicted molar refractivity (Wildman–Crippen MR) is 67.4 cm³/mol. The summed E-state index contributed by atoms with van der Waals surface area (Å²) >= 11 is 0. The first kappa shape index (κ1) is 14.5. The molecule has 1 amide bonds. The van der Waals surface area contributed by atoms with Crippen LogP contribution >= 0.6 is 0 Å². The summed E-state index contributed by atoms with van der Waals surface area (Å²) in [6.45, 7) is 3.45. The molecule has 0 saturated carbocycles. The maximum Gasteiger partial charge on any atom is 0.256 e. The zero-order chi connectivity index (χ0) is 14.0. The fraction of sp³-hybridized carbons (Fsp3) is 0.556. The molecule has 1 rings (SSSR count). The Hall–Kier alpha value is -1.61. The van der Waals surface area contributed by atoms with E-state index in [0.29, 0.717) is 0 Å². The van der Waals surface area contributed by atoms with E-state index in [2.05, 4.69) is 20.2 Å². The van der Waals surface area contributed by atoms with Crippen molar-refractivity contribution in [3.05, 3.63) is 11.8 Å². The van der Waals surface area contributed by atoms with Gasteiger partial charge in [0.05, 0.1) is 12.5 Å². The number of hydrogen-bond acceptors (Lipinski definition) is 5. The van der Waals surface area contributed by atoms with Crippen molar-refractivity contribution in [3.8, 4) is 0 Å². The fourth-order valence-electron chi connectivity index (χ4n) is 1.41. The Bertz CT molecular complexity index is 534. The van der Waals surface area contributed by atoms with E-state index in [1.165, 1.54) is 6.20 Å². The van der Waals surface area contributed by atoms with Crippen LogP contribution in [0.1, 0.15) is 24.2 Å². The lowest BCUT2D eigenvalue weighted by molar-refractivity contribution is 0.0945. The van der Waals surface area contributed by atoms with Crippen LogP contribution in [-0.2, 0) is 10.0 Å². The minimum absolute atomic E-state index is 0.128. The Labute approximate surface area is 105 Å². The highest BCUT2D eigenvalue weighted by molar-refractivity contribution is 7.88. The van der Waals surface area contributed by atoms with Crippen molar-refractivity contribution in [1.82, 2.24) is 20.2 Å². The van der Waals surface area contributed by atoms with Gasteiger partial charge in [0.15, 0.2) is 0 Å². The van der Waals surface area contributed by atoms with Crippen LogP contribution in [0.2, 0.25) is 0 Å². The fourth-order valence-corrected chi connectivity index (χ4v) is 2.49. The summed E-state index contributed by atoms with van der Waals surface area (Å²) in [7, 11) is -3.34. The highest BCUT2D eigenvalue weighted by Crippen LogP contribution is 2.07. The molecule has 0 aliphatic carbocycles. The van der Waals surface area contributed by atoms with Gasteiger partial charge in [0, 0.05) is 12.1 Å². The zero-order valence-electron chi connectivity index (χ0n) is 10.4. The van der Waals surface area contributed by atoms with Crippen molar-refractivity contribution >= 4 is 21.7 Å². The highest BCUT2D eigenvalue weighted by atomic mass is 32.2. The quantitative estimate of drug-likeness (QED) is 0.550. The van der Waals surface area contributed by atoms with E-state index in [4.69, 9.17) is 5.73 Å². The van der Waals surface area contributed by atoms with Gasteiger partial charge in [0.25, 0.3) is 5.91 Å². The van der Waals surface area contributed by atoms with Crippen molar-refractivity contribution < 1.29 is 13.2 Å². The highest BCUT2D eigenvalue weighted by Gasteiger charge is 2.23. The molecule has 102 valence electrons. The predicted octanol–water partition coefficient (Wildman–Crippen LogP) is -0.950. The second-order valence-electron chi connectivity index (χ2n) is 4.64. The summed E-state index contributed by atoms with van der Waals surface area (Å²) in [5.74, 6) is -0.244. The molecule has 0 bridgehead atoms. The van der Waals surface area contributed by atoms with Crippen LogP contribution in [0.4, 0.5) is 5.82 Å². The molecule has 8 nitrogen and oxygen atoms in total. The minimum Gasteiger partial charge on any atom is -0.383 e. The molecule has 18 heavy (non-hydrogen) atoms. The number of aromatic amines is 1. The third kappa shape index (κ3) is 4.34. The number of carbonyl (C=O) groups excluding carboxylic acids is 1. The molecule has 0 saturated heterocycles. The van der Waals surface area contributed by atoms with Crippen LogP contribution in [0.25, 0.3) is 0 Å². The van der Waals surface area contributed by atoms with Gasteiger partial charge in [-0.05, 0) is 13.8 Å². The van der Waals surface area contributed by atoms with Crippen LogP contribution in [-0.4, -0.2) is 42.9 Å². The van der Waals surface area contributed by atoms with Crippen LogP contribution < -0.4 is 15.8 Å². The molecule has 1 aromatic heterocycles. The number of nitrogen functional groups attached to an aromatic ring is 1. The van der Waals surface area contributed by atoms with E-state index in [1.807, 2.05) is 0 Å². The lowest BCUT2D eigenvalue weighted by atomic mass is 10.1. The number of rotatable bonds is 5. The molecule has 0 aromatic carbocycles. The van der Waals surface area contributed by atoms with Gasteiger partial charge < -0.3 is 11.1 Å². The molecule has 0 atom stereocenters. The van der Waals surface area contributed by atoms with E-state index >= 15 is 0 Å². The topological polar surface area (TPSA) is 130 Å². The van der Waals surface area contributed by atoms with Gasteiger partial charge in [0.1, 0.15) is 11.4 Å². The summed E-state index contributed by atoms with van der Waals surface area (Å²) in [6.07, 6.45) is 2.37. The Morgan fingerprint density at radius 3 is 2.61 bits per heavy atom. The van der Waals surface area contributed by atoms with Crippen molar-refractivity contribution in [1.29, 1.82) is 0 Å². The second kappa shape index (κ2) is 4.94. The number of nitrogens with one attached hydrogen (secondary N) is 3. The van der Waals surface area contributed by atoms with Gasteiger partial charge in [-0.1, -0.05) is 0 Å². The molecule has 9 heteroatoms. The number of sulfonamides is 1. The molecule has 0 aliphatic rings. The van der Waals surface area contributed by atoms with E-state index in [9.17, 15) is 13.2 Å². The Balaban J connectivity index is 2.61. The summed E-state index contributed by atoms with van der Waals surface area (Å²) in [6, 6.07) is 0. The van der Waals surface area contributed by atoms with Gasteiger partial charge in [-0.15, -0.1) is 0 Å². The van der Waals surface area contributed by atoms with E-state index in [0.717, 1.165) is 6.26 Å². The second-order valence-corrected chi connectivity index (χ2v) is 6.39. The first-order chi connectivity index (χ1) is 8.11. The third-order valence-electron chi connectivity index (χ3n) is 2.07. The van der Waals surface area contributed by atoms with Gasteiger partial charge in [-0.25, -0.2) is 13.1 Å². The number of amides is 1. The Morgan fingerprint density at radius 2 is 2.17 bits per heavy atom. The molecule has 0 fully saturated rings. The van der Waals surface area contributed by atoms with Crippen molar-refractivity contribution in [2.75, 3.05) is 18.5 Å².